The predicted molar refractivity (Wildman–Crippen MR) is 92.1 cm³/mol. The molecule has 0 saturated carbocycles. The Bertz CT molecular complexity index is 684. The van der Waals surface area contributed by atoms with E-state index in [9.17, 15) is 4.79 Å². The molecule has 4 heteroatoms. The zero-order valence-electron chi connectivity index (χ0n) is 12.7. The molecule has 0 radical (unpaired) electrons. The van der Waals surface area contributed by atoms with Gasteiger partial charge in [-0.3, -0.25) is 4.79 Å². The number of fused-ring (bicyclic) bond motifs is 1. The van der Waals surface area contributed by atoms with Crippen molar-refractivity contribution in [2.24, 2.45) is 0 Å². The molecule has 1 amide bonds. The van der Waals surface area contributed by atoms with Crippen LogP contribution in [0.15, 0.2) is 48.6 Å². The van der Waals surface area contributed by atoms with Gasteiger partial charge in [0.1, 0.15) is 0 Å². The zero-order chi connectivity index (χ0) is 15.4. The topological polar surface area (TPSA) is 33.2 Å². The highest BCUT2D eigenvalue weighted by Gasteiger charge is 2.25. The molecule has 0 spiro atoms. The van der Waals surface area contributed by atoms with Crippen LogP contribution >= 0.6 is 11.3 Å². The first-order chi connectivity index (χ1) is 10.8. The molecule has 2 aromatic rings. The lowest BCUT2D eigenvalue weighted by atomic mass is 9.98. The summed E-state index contributed by atoms with van der Waals surface area (Å²) in [5.41, 5.74) is 1.07. The molecule has 22 heavy (non-hydrogen) atoms. The van der Waals surface area contributed by atoms with Crippen molar-refractivity contribution in [1.82, 2.24) is 9.88 Å². The number of carbonyl (C=O) groups is 1. The molecule has 3 rings (SSSR count). The first-order valence-corrected chi connectivity index (χ1v) is 8.53. The highest BCUT2D eigenvalue weighted by Crippen LogP contribution is 2.32. The summed E-state index contributed by atoms with van der Waals surface area (Å²) >= 11 is 1.76. The van der Waals surface area contributed by atoms with Crippen LogP contribution in [0.3, 0.4) is 0 Å². The van der Waals surface area contributed by atoms with Crippen LogP contribution in [-0.4, -0.2) is 28.9 Å². The Morgan fingerprint density at radius 1 is 1.36 bits per heavy atom. The van der Waals surface area contributed by atoms with Crippen LogP contribution in [0.1, 0.15) is 30.7 Å². The number of rotatable bonds is 3. The summed E-state index contributed by atoms with van der Waals surface area (Å²) in [7, 11) is 0. The van der Waals surface area contributed by atoms with E-state index in [4.69, 9.17) is 4.98 Å². The monoisotopic (exact) mass is 312 g/mol. The fourth-order valence-electron chi connectivity index (χ4n) is 2.80. The van der Waals surface area contributed by atoms with E-state index in [1.165, 1.54) is 4.70 Å². The molecule has 0 aliphatic carbocycles. The Morgan fingerprint density at radius 3 is 3.05 bits per heavy atom. The van der Waals surface area contributed by atoms with Crippen molar-refractivity contribution in [2.45, 2.75) is 25.7 Å². The Hall–Kier alpha value is -1.94. The quantitative estimate of drug-likeness (QED) is 0.630. The number of nitrogens with zero attached hydrogens (tertiary/aromatic N) is 2. The Balaban J connectivity index is 1.73. The van der Waals surface area contributed by atoms with Gasteiger partial charge in [0.15, 0.2) is 0 Å². The molecule has 1 atom stereocenters. The molecule has 1 aliphatic rings. The van der Waals surface area contributed by atoms with Crippen LogP contribution in [0.4, 0.5) is 0 Å². The van der Waals surface area contributed by atoms with Crippen molar-refractivity contribution >= 4 is 27.5 Å². The van der Waals surface area contributed by atoms with Crippen LogP contribution in [-0.2, 0) is 4.79 Å². The lowest BCUT2D eigenvalue weighted by molar-refractivity contribution is -0.127. The van der Waals surface area contributed by atoms with Crippen LogP contribution in [0.2, 0.25) is 0 Å². The smallest absolute Gasteiger partial charge is 0.246 e. The highest BCUT2D eigenvalue weighted by molar-refractivity contribution is 7.18. The number of likely N-dealkylation sites (tertiary alicyclic amines) is 1. The second kappa shape index (κ2) is 6.88. The summed E-state index contributed by atoms with van der Waals surface area (Å²) in [5, 5.41) is 1.16. The lowest BCUT2D eigenvalue weighted by Crippen LogP contribution is -2.38. The fraction of sp³-hybridized carbons (Fsp3) is 0.333. The molecule has 1 aromatic carbocycles. The number of benzene rings is 1. The first-order valence-electron chi connectivity index (χ1n) is 7.71. The minimum Gasteiger partial charge on any atom is -0.338 e. The van der Waals surface area contributed by atoms with E-state index in [1.807, 2.05) is 42.2 Å². The molecule has 1 aromatic heterocycles. The van der Waals surface area contributed by atoms with E-state index >= 15 is 0 Å². The average Bonchev–Trinajstić information content (AvgIpc) is 2.99. The molecular weight excluding hydrogens is 292 g/mol. The summed E-state index contributed by atoms with van der Waals surface area (Å²) in [6.07, 6.45) is 9.42. The molecule has 1 aliphatic heterocycles. The highest BCUT2D eigenvalue weighted by atomic mass is 32.1. The summed E-state index contributed by atoms with van der Waals surface area (Å²) in [6.45, 7) is 3.57. The van der Waals surface area contributed by atoms with Gasteiger partial charge in [-0.1, -0.05) is 30.4 Å². The number of para-hydroxylation sites is 1. The van der Waals surface area contributed by atoms with Crippen LogP contribution in [0.5, 0.6) is 0 Å². The van der Waals surface area contributed by atoms with Gasteiger partial charge in [-0.15, -0.1) is 11.3 Å². The van der Waals surface area contributed by atoms with E-state index in [2.05, 4.69) is 12.1 Å². The Kier molecular flexibility index (Phi) is 4.68. The minimum absolute atomic E-state index is 0.101. The number of aromatic nitrogens is 1. The molecule has 0 N–H and O–H groups in total. The number of thiazole rings is 1. The lowest BCUT2D eigenvalue weighted by Gasteiger charge is -2.31. The van der Waals surface area contributed by atoms with Crippen molar-refractivity contribution in [3.05, 3.63) is 53.6 Å². The van der Waals surface area contributed by atoms with Crippen molar-refractivity contribution < 1.29 is 4.79 Å². The summed E-state index contributed by atoms with van der Waals surface area (Å²) in [4.78, 5) is 18.9. The van der Waals surface area contributed by atoms with E-state index in [1.54, 1.807) is 17.4 Å². The van der Waals surface area contributed by atoms with E-state index < -0.39 is 0 Å². The summed E-state index contributed by atoms with van der Waals surface area (Å²) in [6, 6.07) is 8.24. The summed E-state index contributed by atoms with van der Waals surface area (Å²) in [5.74, 6) is 0.467. The third-order valence-electron chi connectivity index (χ3n) is 3.94. The third kappa shape index (κ3) is 3.28. The molecule has 2 heterocycles. The molecular formula is C18H20N2OS. The van der Waals surface area contributed by atoms with Gasteiger partial charge in [0.05, 0.1) is 15.2 Å². The number of allylic oxidation sites excluding steroid dienone is 3. The molecule has 1 fully saturated rings. The van der Waals surface area contributed by atoms with Gasteiger partial charge in [-0.25, -0.2) is 4.98 Å². The van der Waals surface area contributed by atoms with Gasteiger partial charge < -0.3 is 4.90 Å². The number of hydrogen-bond acceptors (Lipinski definition) is 3. The van der Waals surface area contributed by atoms with Gasteiger partial charge in [-0.2, -0.15) is 0 Å². The maximum Gasteiger partial charge on any atom is 0.246 e. The molecule has 114 valence electrons. The predicted octanol–water partition coefficient (Wildman–Crippen LogP) is 4.13. The second-order valence-corrected chi connectivity index (χ2v) is 6.59. The standard InChI is InChI=1S/C18H20N2OS/c1-2-3-4-11-17(21)20-12-7-8-14(13-20)18-19-15-9-5-6-10-16(15)22-18/h2-6,9-11,14H,7-8,12-13H2,1H3/b3-2+,11-4+/t14-/m0/s1. The van der Waals surface area contributed by atoms with Gasteiger partial charge in [-0.05, 0) is 31.9 Å². The van der Waals surface area contributed by atoms with E-state index in [0.29, 0.717) is 5.92 Å². The SMILES string of the molecule is C/C=C/C=C/C(=O)N1CCC[C@H](c2nc3ccccc3s2)C1. The van der Waals surface area contributed by atoms with Gasteiger partial charge in [0, 0.05) is 25.1 Å². The maximum atomic E-state index is 12.2. The average molecular weight is 312 g/mol. The van der Waals surface area contributed by atoms with Crippen molar-refractivity contribution in [1.29, 1.82) is 0 Å². The van der Waals surface area contributed by atoms with Crippen molar-refractivity contribution in [3.8, 4) is 0 Å². The zero-order valence-corrected chi connectivity index (χ0v) is 13.6. The molecule has 0 bridgehead atoms. The van der Waals surface area contributed by atoms with E-state index in [0.717, 1.165) is 36.5 Å². The second-order valence-electron chi connectivity index (χ2n) is 5.53. The minimum atomic E-state index is 0.101. The van der Waals surface area contributed by atoms with Crippen LogP contribution in [0, 0.1) is 0 Å². The fourth-order valence-corrected chi connectivity index (χ4v) is 3.89. The number of amides is 1. The number of carbonyl (C=O) groups excluding carboxylic acids is 1. The van der Waals surface area contributed by atoms with Crippen LogP contribution in [0.25, 0.3) is 10.2 Å². The van der Waals surface area contributed by atoms with Gasteiger partial charge >= 0.3 is 0 Å². The number of piperidine rings is 1. The van der Waals surface area contributed by atoms with Crippen LogP contribution < -0.4 is 0 Å². The van der Waals surface area contributed by atoms with Crippen molar-refractivity contribution in [3.63, 3.8) is 0 Å². The first kappa shape index (κ1) is 15.0. The largest absolute Gasteiger partial charge is 0.338 e. The normalized spacial score (nSPS) is 19.5. The molecule has 3 nitrogen and oxygen atoms in total. The van der Waals surface area contributed by atoms with E-state index in [-0.39, 0.29) is 5.91 Å². The number of hydrogen-bond donors (Lipinski definition) is 0. The molecule has 0 unspecified atom stereocenters. The van der Waals surface area contributed by atoms with Gasteiger partial charge in [0.25, 0.3) is 0 Å². The van der Waals surface area contributed by atoms with Gasteiger partial charge in [0.2, 0.25) is 5.91 Å². The maximum absolute atomic E-state index is 12.2. The molecule has 1 saturated heterocycles. The summed E-state index contributed by atoms with van der Waals surface area (Å²) < 4.78 is 1.23. The van der Waals surface area contributed by atoms with Crippen molar-refractivity contribution in [2.75, 3.05) is 13.1 Å². The Morgan fingerprint density at radius 2 is 2.23 bits per heavy atom. The third-order valence-corrected chi connectivity index (χ3v) is 5.13. The Labute approximate surface area is 135 Å².